The molecule has 0 fully saturated rings. The highest BCUT2D eigenvalue weighted by molar-refractivity contribution is 5.68. The second-order valence-corrected chi connectivity index (χ2v) is 2.23. The molecule has 0 saturated heterocycles. The third kappa shape index (κ3) is 14500. The predicted octanol–water partition coefficient (Wildman–Crippen LogP) is 3.80. The molecule has 0 aliphatic heterocycles. The second-order valence-electron chi connectivity index (χ2n) is 2.23. The summed E-state index contributed by atoms with van der Waals surface area (Å²) in [6.45, 7) is 20.7. The summed E-state index contributed by atoms with van der Waals surface area (Å²) in [5, 5.41) is 7.60. The summed E-state index contributed by atoms with van der Waals surface area (Å²) in [7, 11) is 0. The van der Waals surface area contributed by atoms with Crippen LogP contribution >= 0.6 is 0 Å². The molecule has 0 saturated carbocycles. The molecular weight excluding hydrogens is 214 g/mol. The van der Waals surface area contributed by atoms with Gasteiger partial charge in [-0.25, -0.2) is 0 Å². The van der Waals surface area contributed by atoms with Crippen molar-refractivity contribution in [3.63, 3.8) is 0 Å². The van der Waals surface area contributed by atoms with Crippen LogP contribution in [-0.2, 0) is 4.79 Å². The lowest BCUT2D eigenvalue weighted by atomic mass is 10.7. The number of carboxylic acid groups (broad SMARTS) is 1. The molecule has 0 rings (SSSR count). The summed E-state index contributed by atoms with van der Waals surface area (Å²) in [6, 6.07) is 0. The lowest BCUT2D eigenvalue weighted by Crippen LogP contribution is -2.10. The van der Waals surface area contributed by atoms with Crippen molar-refractivity contribution in [2.24, 2.45) is 5.73 Å². The molecule has 0 aromatic heterocycles. The Hall–Kier alpha value is -1.61. The van der Waals surface area contributed by atoms with Gasteiger partial charge in [-0.15, -0.1) is 26.3 Å². The minimum Gasteiger partial charge on any atom is -0.480 e. The molecule has 0 aliphatic rings. The van der Waals surface area contributed by atoms with Gasteiger partial charge in [-0.1, -0.05) is 24.3 Å². The number of aliphatic carboxylic acids is 1. The lowest BCUT2D eigenvalue weighted by molar-refractivity contribution is -0.135. The van der Waals surface area contributed by atoms with E-state index in [-0.39, 0.29) is 6.54 Å². The third-order valence-corrected chi connectivity index (χ3v) is 0.175. The molecule has 17 heavy (non-hydrogen) atoms. The van der Waals surface area contributed by atoms with E-state index in [1.807, 2.05) is 27.7 Å². The van der Waals surface area contributed by atoms with E-state index < -0.39 is 5.97 Å². The summed E-state index contributed by atoms with van der Waals surface area (Å²) in [6.07, 6.45) is 7.00. The zero-order valence-corrected chi connectivity index (χ0v) is 11.8. The van der Waals surface area contributed by atoms with E-state index in [4.69, 9.17) is 5.11 Å². The number of carbonyl (C=O) groups is 1. The molecule has 0 atom stereocenters. The summed E-state index contributed by atoms with van der Waals surface area (Å²) >= 11 is 0. The average molecular weight is 243 g/mol. The van der Waals surface area contributed by atoms with Gasteiger partial charge in [0, 0.05) is 0 Å². The normalized spacial score (nSPS) is 5.24. The Balaban J connectivity index is -0.0000000362. The topological polar surface area (TPSA) is 63.3 Å². The molecule has 102 valence electrons. The number of carboxylic acids is 1. The van der Waals surface area contributed by atoms with Gasteiger partial charge in [0.15, 0.2) is 0 Å². The maximum absolute atomic E-state index is 9.24. The lowest BCUT2D eigenvalue weighted by Gasteiger charge is -1.73. The number of nitrogens with two attached hydrogens (primary N) is 1. The van der Waals surface area contributed by atoms with Crippen molar-refractivity contribution in [2.75, 3.05) is 6.54 Å². The van der Waals surface area contributed by atoms with Crippen molar-refractivity contribution in [3.05, 3.63) is 50.6 Å². The molecule has 0 radical (unpaired) electrons. The van der Waals surface area contributed by atoms with Crippen molar-refractivity contribution in [3.8, 4) is 0 Å². The van der Waals surface area contributed by atoms with Crippen LogP contribution in [0.2, 0.25) is 0 Å². The molecule has 3 nitrogen and oxygen atoms in total. The summed E-state index contributed by atoms with van der Waals surface area (Å²) in [5.41, 5.74) is 4.57. The molecular formula is C14H29NO2. The summed E-state index contributed by atoms with van der Waals surface area (Å²) in [5.74, 6) is -0.968. The van der Waals surface area contributed by atoms with Crippen LogP contribution in [0.4, 0.5) is 0 Å². The van der Waals surface area contributed by atoms with Gasteiger partial charge in [-0.05, 0) is 27.7 Å². The van der Waals surface area contributed by atoms with E-state index in [0.29, 0.717) is 0 Å². The first-order chi connectivity index (χ1) is 7.93. The van der Waals surface area contributed by atoms with Gasteiger partial charge in [0.1, 0.15) is 0 Å². The van der Waals surface area contributed by atoms with Crippen LogP contribution in [0, 0.1) is 0 Å². The Kier molecular flexibility index (Phi) is 110. The molecule has 0 amide bonds. The third-order valence-electron chi connectivity index (χ3n) is 0.175. The summed E-state index contributed by atoms with van der Waals surface area (Å²) in [4.78, 5) is 9.24. The summed E-state index contributed by atoms with van der Waals surface area (Å²) < 4.78 is 0. The quantitative estimate of drug-likeness (QED) is 0.688. The number of rotatable bonds is 1. The monoisotopic (exact) mass is 243 g/mol. The van der Waals surface area contributed by atoms with Crippen LogP contribution in [0.5, 0.6) is 0 Å². The molecule has 0 bridgehead atoms. The van der Waals surface area contributed by atoms with E-state index >= 15 is 0 Å². The van der Waals surface area contributed by atoms with Gasteiger partial charge < -0.3 is 10.8 Å². The fraction of sp³-hybridized carbons (Fsp3) is 0.357. The van der Waals surface area contributed by atoms with E-state index in [0.717, 1.165) is 0 Å². The van der Waals surface area contributed by atoms with Gasteiger partial charge in [0.05, 0.1) is 6.54 Å². The van der Waals surface area contributed by atoms with Crippen molar-refractivity contribution in [1.82, 2.24) is 0 Å². The van der Waals surface area contributed by atoms with Crippen molar-refractivity contribution < 1.29 is 9.90 Å². The van der Waals surface area contributed by atoms with Crippen LogP contribution in [-0.4, -0.2) is 17.6 Å². The van der Waals surface area contributed by atoms with Gasteiger partial charge in [-0.2, -0.15) is 0 Å². The first-order valence-corrected chi connectivity index (χ1v) is 5.13. The minimum absolute atomic E-state index is 0.278. The zero-order valence-electron chi connectivity index (χ0n) is 11.8. The van der Waals surface area contributed by atoms with Crippen LogP contribution in [0.15, 0.2) is 50.6 Å². The molecule has 0 spiro atoms. The standard InChI is InChI=1S/4C3H6.C2H5NO2/c4*1-3-2;3-1-2(4)5/h4*3H,1H2,2H3;1,3H2,(H,4,5). The van der Waals surface area contributed by atoms with Crippen LogP contribution < -0.4 is 5.73 Å². The number of allylic oxidation sites excluding steroid dienone is 4. The Labute approximate surface area is 107 Å². The van der Waals surface area contributed by atoms with Crippen LogP contribution in [0.25, 0.3) is 0 Å². The fourth-order valence-electron chi connectivity index (χ4n) is 0. The van der Waals surface area contributed by atoms with E-state index in [1.165, 1.54) is 0 Å². The van der Waals surface area contributed by atoms with Gasteiger partial charge in [-0.3, -0.25) is 4.79 Å². The molecule has 0 aromatic carbocycles. The van der Waals surface area contributed by atoms with Gasteiger partial charge in [0.25, 0.3) is 0 Å². The highest BCUT2D eigenvalue weighted by Gasteiger charge is 1.81. The Morgan fingerprint density at radius 3 is 1.00 bits per heavy atom. The fourth-order valence-corrected chi connectivity index (χ4v) is 0. The average Bonchev–Trinajstić information content (AvgIpc) is 2.22. The highest BCUT2D eigenvalue weighted by Crippen LogP contribution is 1.43. The molecule has 3 N–H and O–H groups in total. The largest absolute Gasteiger partial charge is 0.480 e. The maximum atomic E-state index is 9.24. The number of hydrogen-bond acceptors (Lipinski definition) is 2. The molecule has 0 heterocycles. The van der Waals surface area contributed by atoms with Crippen molar-refractivity contribution >= 4 is 5.97 Å². The zero-order chi connectivity index (χ0) is 15.1. The first-order valence-electron chi connectivity index (χ1n) is 5.13. The maximum Gasteiger partial charge on any atom is 0.317 e. The molecule has 0 unspecified atom stereocenters. The van der Waals surface area contributed by atoms with Crippen LogP contribution in [0.1, 0.15) is 27.7 Å². The Bertz CT molecular complexity index is 140. The van der Waals surface area contributed by atoms with Crippen molar-refractivity contribution in [2.45, 2.75) is 27.7 Å². The second kappa shape index (κ2) is 63.2. The smallest absolute Gasteiger partial charge is 0.317 e. The highest BCUT2D eigenvalue weighted by atomic mass is 16.4. The predicted molar refractivity (Wildman–Crippen MR) is 80.2 cm³/mol. The van der Waals surface area contributed by atoms with E-state index in [2.05, 4.69) is 32.0 Å². The van der Waals surface area contributed by atoms with E-state index in [1.54, 1.807) is 24.3 Å². The Morgan fingerprint density at radius 2 is 1.00 bits per heavy atom. The first kappa shape index (κ1) is 29.5. The van der Waals surface area contributed by atoms with Gasteiger partial charge in [0.2, 0.25) is 0 Å². The van der Waals surface area contributed by atoms with Gasteiger partial charge >= 0.3 is 5.97 Å². The SMILES string of the molecule is C=CC.C=CC.C=CC.C=CC.NCC(=O)O. The minimum atomic E-state index is -0.968. The molecule has 0 aliphatic carbocycles. The van der Waals surface area contributed by atoms with E-state index in [9.17, 15) is 4.79 Å². The molecule has 0 aromatic rings. The molecule has 3 heteroatoms. The van der Waals surface area contributed by atoms with Crippen LogP contribution in [0.3, 0.4) is 0 Å². The Morgan fingerprint density at radius 1 is 0.941 bits per heavy atom. The number of hydrogen-bond donors (Lipinski definition) is 2. The van der Waals surface area contributed by atoms with Crippen molar-refractivity contribution in [1.29, 1.82) is 0 Å².